The number of hydrogen-bond acceptors (Lipinski definition) is 6. The molecular weight excluding hydrogens is 262 g/mol. The van der Waals surface area contributed by atoms with E-state index >= 15 is 0 Å². The predicted molar refractivity (Wildman–Crippen MR) is 72.8 cm³/mol. The topological polar surface area (TPSA) is 90.4 Å². The third kappa shape index (κ3) is 3.25. The van der Waals surface area contributed by atoms with Crippen molar-refractivity contribution in [2.75, 3.05) is 11.9 Å². The van der Waals surface area contributed by atoms with Gasteiger partial charge in [0, 0.05) is 23.9 Å². The van der Waals surface area contributed by atoms with Crippen LogP contribution in [0.2, 0.25) is 0 Å². The zero-order valence-electron chi connectivity index (χ0n) is 11.3. The highest BCUT2D eigenvalue weighted by molar-refractivity contribution is 5.58. The first kappa shape index (κ1) is 13.9. The molecule has 2 aromatic rings. The van der Waals surface area contributed by atoms with Crippen LogP contribution in [-0.2, 0) is 6.54 Å². The number of hydrogen-bond donors (Lipinski definition) is 1. The lowest BCUT2D eigenvalue weighted by Gasteiger charge is -2.08. The average Bonchev–Trinajstić information content (AvgIpc) is 2.82. The maximum atomic E-state index is 10.9. The molecule has 0 aliphatic carbocycles. The molecule has 1 aromatic heterocycles. The lowest BCUT2D eigenvalue weighted by atomic mass is 10.2. The van der Waals surface area contributed by atoms with Gasteiger partial charge in [0.1, 0.15) is 11.5 Å². The largest absolute Gasteiger partial charge is 0.487 e. The van der Waals surface area contributed by atoms with Crippen molar-refractivity contribution in [2.45, 2.75) is 20.4 Å². The van der Waals surface area contributed by atoms with Crippen molar-refractivity contribution in [1.82, 2.24) is 5.16 Å². The molecular formula is C13H15N3O4. The van der Waals surface area contributed by atoms with Crippen LogP contribution < -0.4 is 10.1 Å². The maximum absolute atomic E-state index is 10.9. The number of anilines is 1. The number of nitrogens with one attached hydrogen (secondary N) is 1. The molecule has 0 unspecified atom stereocenters. The van der Waals surface area contributed by atoms with E-state index < -0.39 is 4.92 Å². The second kappa shape index (κ2) is 6.05. The number of nitro benzene ring substituents is 1. The standard InChI is InChI=1S/C13H15N3O4/c1-3-19-13-7-10(4-5-12(13)16(17)18)14-8-11-6-9(2)20-15-11/h4-7,14H,3,8H2,1-2H3. The molecule has 7 nitrogen and oxygen atoms in total. The van der Waals surface area contributed by atoms with E-state index in [1.165, 1.54) is 6.07 Å². The average molecular weight is 277 g/mol. The fraction of sp³-hybridized carbons (Fsp3) is 0.308. The lowest BCUT2D eigenvalue weighted by molar-refractivity contribution is -0.385. The molecule has 0 saturated carbocycles. The molecule has 0 aliphatic rings. The van der Waals surface area contributed by atoms with E-state index in [0.717, 1.165) is 17.1 Å². The molecule has 0 saturated heterocycles. The first-order chi connectivity index (χ1) is 9.60. The van der Waals surface area contributed by atoms with Crippen LogP contribution in [-0.4, -0.2) is 16.7 Å². The number of benzene rings is 1. The second-order valence-corrected chi connectivity index (χ2v) is 4.16. The molecule has 1 N–H and O–H groups in total. The Morgan fingerprint density at radius 3 is 2.85 bits per heavy atom. The fourth-order valence-electron chi connectivity index (χ4n) is 1.74. The minimum atomic E-state index is -0.463. The quantitative estimate of drug-likeness (QED) is 0.645. The van der Waals surface area contributed by atoms with Crippen molar-refractivity contribution in [3.63, 3.8) is 0 Å². The molecule has 0 aliphatic heterocycles. The van der Waals surface area contributed by atoms with Gasteiger partial charge in [-0.2, -0.15) is 0 Å². The Kier molecular flexibility index (Phi) is 4.19. The zero-order valence-corrected chi connectivity index (χ0v) is 11.3. The summed E-state index contributed by atoms with van der Waals surface area (Å²) in [4.78, 5) is 10.4. The summed E-state index contributed by atoms with van der Waals surface area (Å²) in [5.74, 6) is 0.985. The summed E-state index contributed by atoms with van der Waals surface area (Å²) in [7, 11) is 0. The number of nitro groups is 1. The number of aromatic nitrogens is 1. The van der Waals surface area contributed by atoms with Crippen molar-refractivity contribution in [3.8, 4) is 5.75 Å². The molecule has 1 aromatic carbocycles. The van der Waals surface area contributed by atoms with Crippen molar-refractivity contribution in [2.24, 2.45) is 0 Å². The van der Waals surface area contributed by atoms with Gasteiger partial charge in [0.2, 0.25) is 0 Å². The normalized spacial score (nSPS) is 10.3. The monoisotopic (exact) mass is 277 g/mol. The van der Waals surface area contributed by atoms with Gasteiger partial charge in [-0.1, -0.05) is 5.16 Å². The molecule has 0 radical (unpaired) electrons. The van der Waals surface area contributed by atoms with Gasteiger partial charge in [0.25, 0.3) is 0 Å². The Bertz CT molecular complexity index is 609. The number of nitrogens with zero attached hydrogens (tertiary/aromatic N) is 2. The summed E-state index contributed by atoms with van der Waals surface area (Å²) in [5.41, 5.74) is 1.44. The minimum Gasteiger partial charge on any atom is -0.487 e. The first-order valence-corrected chi connectivity index (χ1v) is 6.17. The predicted octanol–water partition coefficient (Wildman–Crippen LogP) is 2.90. The van der Waals surface area contributed by atoms with E-state index in [-0.39, 0.29) is 11.4 Å². The SMILES string of the molecule is CCOc1cc(NCc2cc(C)on2)ccc1[N+](=O)[O-]. The summed E-state index contributed by atoms with van der Waals surface area (Å²) in [5, 5.41) is 17.8. The van der Waals surface area contributed by atoms with Gasteiger partial charge in [-0.3, -0.25) is 10.1 Å². The molecule has 2 rings (SSSR count). The molecule has 0 fully saturated rings. The van der Waals surface area contributed by atoms with E-state index in [1.807, 2.05) is 13.0 Å². The van der Waals surface area contributed by atoms with E-state index in [9.17, 15) is 10.1 Å². The van der Waals surface area contributed by atoms with Crippen LogP contribution in [0, 0.1) is 17.0 Å². The Labute approximate surface area is 115 Å². The summed E-state index contributed by atoms with van der Waals surface area (Å²) in [6.07, 6.45) is 0. The number of rotatable bonds is 6. The Morgan fingerprint density at radius 1 is 1.45 bits per heavy atom. The molecule has 106 valence electrons. The van der Waals surface area contributed by atoms with Crippen molar-refractivity contribution >= 4 is 11.4 Å². The highest BCUT2D eigenvalue weighted by Crippen LogP contribution is 2.30. The third-order valence-electron chi connectivity index (χ3n) is 2.61. The van der Waals surface area contributed by atoms with Crippen molar-refractivity contribution in [3.05, 3.63) is 45.8 Å². The Morgan fingerprint density at radius 2 is 2.25 bits per heavy atom. The maximum Gasteiger partial charge on any atom is 0.311 e. The van der Waals surface area contributed by atoms with Crippen LogP contribution in [0.15, 0.2) is 28.8 Å². The molecule has 20 heavy (non-hydrogen) atoms. The molecule has 0 amide bonds. The van der Waals surface area contributed by atoms with Crippen LogP contribution in [0.25, 0.3) is 0 Å². The van der Waals surface area contributed by atoms with Crippen LogP contribution in [0.4, 0.5) is 11.4 Å². The molecule has 0 spiro atoms. The van der Waals surface area contributed by atoms with Crippen LogP contribution >= 0.6 is 0 Å². The van der Waals surface area contributed by atoms with Gasteiger partial charge in [0.15, 0.2) is 5.75 Å². The lowest BCUT2D eigenvalue weighted by Crippen LogP contribution is -2.02. The second-order valence-electron chi connectivity index (χ2n) is 4.16. The summed E-state index contributed by atoms with van der Waals surface area (Å²) < 4.78 is 10.2. The third-order valence-corrected chi connectivity index (χ3v) is 2.61. The van der Waals surface area contributed by atoms with Crippen molar-refractivity contribution in [1.29, 1.82) is 0 Å². The van der Waals surface area contributed by atoms with E-state index in [2.05, 4.69) is 10.5 Å². The highest BCUT2D eigenvalue weighted by atomic mass is 16.6. The van der Waals surface area contributed by atoms with E-state index in [0.29, 0.717) is 13.2 Å². The van der Waals surface area contributed by atoms with Gasteiger partial charge in [-0.05, 0) is 19.9 Å². The summed E-state index contributed by atoms with van der Waals surface area (Å²) in [6.45, 7) is 4.44. The van der Waals surface area contributed by atoms with E-state index in [1.54, 1.807) is 19.1 Å². The molecule has 0 bridgehead atoms. The number of ether oxygens (including phenoxy) is 1. The van der Waals surface area contributed by atoms with Crippen molar-refractivity contribution < 1.29 is 14.2 Å². The number of aryl methyl sites for hydroxylation is 1. The van der Waals surface area contributed by atoms with Gasteiger partial charge >= 0.3 is 5.69 Å². The van der Waals surface area contributed by atoms with Crippen LogP contribution in [0.5, 0.6) is 5.75 Å². The van der Waals surface area contributed by atoms with Gasteiger partial charge in [0.05, 0.1) is 18.1 Å². The molecule has 7 heteroatoms. The van der Waals surface area contributed by atoms with Gasteiger partial charge in [-0.15, -0.1) is 0 Å². The zero-order chi connectivity index (χ0) is 14.5. The van der Waals surface area contributed by atoms with E-state index in [4.69, 9.17) is 9.26 Å². The Balaban J connectivity index is 2.12. The fourth-order valence-corrected chi connectivity index (χ4v) is 1.74. The summed E-state index contributed by atoms with van der Waals surface area (Å²) >= 11 is 0. The van der Waals surface area contributed by atoms with Crippen LogP contribution in [0.1, 0.15) is 18.4 Å². The minimum absolute atomic E-state index is 0.0466. The molecule has 1 heterocycles. The van der Waals surface area contributed by atoms with Crippen LogP contribution in [0.3, 0.4) is 0 Å². The highest BCUT2D eigenvalue weighted by Gasteiger charge is 2.15. The Hall–Kier alpha value is -2.57. The first-order valence-electron chi connectivity index (χ1n) is 6.17. The smallest absolute Gasteiger partial charge is 0.311 e. The summed E-state index contributed by atoms with van der Waals surface area (Å²) in [6, 6.07) is 6.48. The molecule has 0 atom stereocenters. The van der Waals surface area contributed by atoms with Gasteiger partial charge in [-0.25, -0.2) is 0 Å². The van der Waals surface area contributed by atoms with Gasteiger partial charge < -0.3 is 14.6 Å².